The van der Waals surface area contributed by atoms with E-state index in [2.05, 4.69) is 17.4 Å². The highest BCUT2D eigenvalue weighted by Gasteiger charge is 2.24. The first kappa shape index (κ1) is 25.6. The van der Waals surface area contributed by atoms with E-state index >= 15 is 0 Å². The quantitative estimate of drug-likeness (QED) is 0.271. The standard InChI is InChI=1S/C27H31NO5S/c1-21(12-13-22-8-4-2-5-9-22)28-26(18-19-34(30,31)32)27(29)24-14-16-25(17-15-24)33-20-23-10-6-3-7-11-23/h2-11,14-17,21,26,28H,12-13,18-20H2,1H3,(H,30,31,32)/t21-,26+/m1/s1. The molecule has 0 aromatic heterocycles. The minimum absolute atomic E-state index is 0.0143. The molecule has 3 rings (SSSR count). The highest BCUT2D eigenvalue weighted by molar-refractivity contribution is 7.85. The van der Waals surface area contributed by atoms with Gasteiger partial charge >= 0.3 is 0 Å². The molecule has 0 unspecified atom stereocenters. The van der Waals surface area contributed by atoms with Crippen LogP contribution < -0.4 is 10.1 Å². The second-order valence-electron chi connectivity index (χ2n) is 8.38. The lowest BCUT2D eigenvalue weighted by Crippen LogP contribution is -2.43. The summed E-state index contributed by atoms with van der Waals surface area (Å²) in [6.45, 7) is 2.39. The van der Waals surface area contributed by atoms with Gasteiger partial charge in [0.2, 0.25) is 0 Å². The van der Waals surface area contributed by atoms with Gasteiger partial charge in [-0.2, -0.15) is 8.42 Å². The molecule has 7 heteroatoms. The lowest BCUT2D eigenvalue weighted by molar-refractivity contribution is 0.0933. The third-order valence-electron chi connectivity index (χ3n) is 5.56. The third kappa shape index (κ3) is 8.74. The summed E-state index contributed by atoms with van der Waals surface area (Å²) in [7, 11) is -4.18. The van der Waals surface area contributed by atoms with E-state index in [-0.39, 0.29) is 18.2 Å². The van der Waals surface area contributed by atoms with Gasteiger partial charge in [0, 0.05) is 11.6 Å². The minimum Gasteiger partial charge on any atom is -0.489 e. The Morgan fingerprint density at radius 1 is 0.882 bits per heavy atom. The van der Waals surface area contributed by atoms with Gasteiger partial charge < -0.3 is 10.1 Å². The van der Waals surface area contributed by atoms with Gasteiger partial charge in [0.05, 0.1) is 11.8 Å². The average Bonchev–Trinajstić information content (AvgIpc) is 2.84. The van der Waals surface area contributed by atoms with Crippen LogP contribution in [0.4, 0.5) is 0 Å². The summed E-state index contributed by atoms with van der Waals surface area (Å²) in [6.07, 6.45) is 1.60. The number of ether oxygens (including phenoxy) is 1. The number of benzene rings is 3. The van der Waals surface area contributed by atoms with Gasteiger partial charge in [-0.05, 0) is 61.6 Å². The monoisotopic (exact) mass is 481 g/mol. The van der Waals surface area contributed by atoms with Gasteiger partial charge in [0.15, 0.2) is 5.78 Å². The molecule has 180 valence electrons. The Bertz CT molecular complexity index is 1130. The summed E-state index contributed by atoms with van der Waals surface area (Å²) >= 11 is 0. The molecular weight excluding hydrogens is 450 g/mol. The van der Waals surface area contributed by atoms with E-state index in [1.165, 1.54) is 5.56 Å². The Balaban J connectivity index is 1.62. The number of nitrogens with one attached hydrogen (secondary N) is 1. The summed E-state index contributed by atoms with van der Waals surface area (Å²) in [5.41, 5.74) is 2.69. The maximum atomic E-state index is 13.2. The molecule has 2 N–H and O–H groups in total. The van der Waals surface area contributed by atoms with Gasteiger partial charge in [-0.1, -0.05) is 60.7 Å². The average molecular weight is 482 g/mol. The van der Waals surface area contributed by atoms with E-state index < -0.39 is 21.9 Å². The van der Waals surface area contributed by atoms with Crippen LogP contribution in [0.3, 0.4) is 0 Å². The Morgan fingerprint density at radius 3 is 2.06 bits per heavy atom. The van der Waals surface area contributed by atoms with Crippen molar-refractivity contribution < 1.29 is 22.5 Å². The predicted octanol–water partition coefficient (Wildman–Crippen LogP) is 4.71. The number of Topliss-reactive ketones (excluding diaryl/α,β-unsaturated/α-hetero) is 1. The zero-order chi connectivity index (χ0) is 24.4. The molecule has 0 aliphatic rings. The van der Waals surface area contributed by atoms with Crippen molar-refractivity contribution in [2.75, 3.05) is 5.75 Å². The zero-order valence-electron chi connectivity index (χ0n) is 19.3. The predicted molar refractivity (Wildman–Crippen MR) is 134 cm³/mol. The lowest BCUT2D eigenvalue weighted by Gasteiger charge is -2.22. The van der Waals surface area contributed by atoms with Crippen LogP contribution in [-0.4, -0.2) is 36.6 Å². The number of rotatable bonds is 13. The van der Waals surface area contributed by atoms with Crippen molar-refractivity contribution >= 4 is 15.9 Å². The summed E-state index contributed by atoms with van der Waals surface area (Å²) in [5, 5.41) is 3.26. The van der Waals surface area contributed by atoms with Crippen LogP contribution >= 0.6 is 0 Å². The van der Waals surface area contributed by atoms with Crippen molar-refractivity contribution in [1.29, 1.82) is 0 Å². The zero-order valence-corrected chi connectivity index (χ0v) is 20.1. The van der Waals surface area contributed by atoms with Crippen molar-refractivity contribution in [3.05, 3.63) is 102 Å². The van der Waals surface area contributed by atoms with E-state index in [9.17, 15) is 17.8 Å². The summed E-state index contributed by atoms with van der Waals surface area (Å²) in [6, 6.07) is 25.9. The molecule has 0 saturated heterocycles. The normalized spacial score (nSPS) is 13.2. The van der Waals surface area contributed by atoms with Crippen LogP contribution in [0.25, 0.3) is 0 Å². The minimum atomic E-state index is -4.18. The molecule has 0 heterocycles. The molecule has 0 spiro atoms. The number of carbonyl (C=O) groups is 1. The first-order valence-corrected chi connectivity index (χ1v) is 13.0. The van der Waals surface area contributed by atoms with Gasteiger partial charge in [-0.15, -0.1) is 0 Å². The van der Waals surface area contributed by atoms with Gasteiger partial charge in [-0.3, -0.25) is 9.35 Å². The van der Waals surface area contributed by atoms with Crippen LogP contribution in [-0.2, 0) is 23.1 Å². The highest BCUT2D eigenvalue weighted by Crippen LogP contribution is 2.17. The van der Waals surface area contributed by atoms with E-state index in [1.807, 2.05) is 55.5 Å². The highest BCUT2D eigenvalue weighted by atomic mass is 32.2. The Kier molecular flexibility index (Phi) is 9.39. The molecule has 0 saturated carbocycles. The molecular formula is C27H31NO5S. The molecule has 2 atom stereocenters. The van der Waals surface area contributed by atoms with Gasteiger partial charge in [0.25, 0.3) is 10.1 Å². The van der Waals surface area contributed by atoms with Crippen molar-refractivity contribution in [2.45, 2.75) is 44.9 Å². The molecule has 0 fully saturated rings. The molecule has 6 nitrogen and oxygen atoms in total. The maximum Gasteiger partial charge on any atom is 0.264 e. The van der Waals surface area contributed by atoms with Crippen LogP contribution in [0.5, 0.6) is 5.75 Å². The van der Waals surface area contributed by atoms with E-state index in [0.29, 0.717) is 17.9 Å². The SMILES string of the molecule is C[C@H](CCc1ccccc1)N[C@@H](CCS(=O)(=O)O)C(=O)c1ccc(OCc2ccccc2)cc1. The lowest BCUT2D eigenvalue weighted by atomic mass is 9.99. The number of aryl methyl sites for hydroxylation is 1. The van der Waals surface area contributed by atoms with E-state index in [1.54, 1.807) is 24.3 Å². The maximum absolute atomic E-state index is 13.2. The fourth-order valence-corrected chi connectivity index (χ4v) is 4.20. The molecule has 0 amide bonds. The second-order valence-corrected chi connectivity index (χ2v) is 9.95. The van der Waals surface area contributed by atoms with Crippen LogP contribution in [0.1, 0.15) is 41.3 Å². The summed E-state index contributed by atoms with van der Waals surface area (Å²) in [5.74, 6) is -0.0658. The molecule has 0 aliphatic carbocycles. The number of hydrogen-bond acceptors (Lipinski definition) is 5. The summed E-state index contributed by atoms with van der Waals surface area (Å²) in [4.78, 5) is 13.2. The Hall–Kier alpha value is -3.00. The fraction of sp³-hybridized carbons (Fsp3) is 0.296. The Labute approximate surface area is 201 Å². The van der Waals surface area contributed by atoms with Gasteiger partial charge in [0.1, 0.15) is 12.4 Å². The number of hydrogen-bond donors (Lipinski definition) is 2. The molecule has 0 radical (unpaired) electrons. The van der Waals surface area contributed by atoms with Crippen molar-refractivity contribution in [1.82, 2.24) is 5.32 Å². The molecule has 0 bridgehead atoms. The topological polar surface area (TPSA) is 92.7 Å². The number of carbonyl (C=O) groups excluding carboxylic acids is 1. The molecule has 3 aromatic carbocycles. The third-order valence-corrected chi connectivity index (χ3v) is 6.31. The van der Waals surface area contributed by atoms with E-state index in [0.717, 1.165) is 18.4 Å². The number of ketones is 1. The first-order chi connectivity index (χ1) is 16.3. The van der Waals surface area contributed by atoms with Crippen LogP contribution in [0, 0.1) is 0 Å². The molecule has 3 aromatic rings. The van der Waals surface area contributed by atoms with Crippen LogP contribution in [0.15, 0.2) is 84.9 Å². The van der Waals surface area contributed by atoms with Crippen molar-refractivity contribution in [3.8, 4) is 5.75 Å². The molecule has 0 aliphatic heterocycles. The van der Waals surface area contributed by atoms with E-state index in [4.69, 9.17) is 4.74 Å². The van der Waals surface area contributed by atoms with Crippen molar-refractivity contribution in [3.63, 3.8) is 0 Å². The first-order valence-electron chi connectivity index (χ1n) is 11.4. The second kappa shape index (κ2) is 12.5. The van der Waals surface area contributed by atoms with Crippen molar-refractivity contribution in [2.24, 2.45) is 0 Å². The smallest absolute Gasteiger partial charge is 0.264 e. The fourth-order valence-electron chi connectivity index (χ4n) is 3.67. The Morgan fingerprint density at radius 2 is 1.47 bits per heavy atom. The molecule has 34 heavy (non-hydrogen) atoms. The summed E-state index contributed by atoms with van der Waals surface area (Å²) < 4.78 is 37.6. The largest absolute Gasteiger partial charge is 0.489 e. The van der Waals surface area contributed by atoms with Crippen LogP contribution in [0.2, 0.25) is 0 Å². The van der Waals surface area contributed by atoms with Gasteiger partial charge in [-0.25, -0.2) is 0 Å².